The van der Waals surface area contributed by atoms with Crippen molar-refractivity contribution in [3.8, 4) is 0 Å². The third kappa shape index (κ3) is 2.08. The molecular weight excluding hydrogens is 272 g/mol. The van der Waals surface area contributed by atoms with Gasteiger partial charge >= 0.3 is 0 Å². The van der Waals surface area contributed by atoms with Gasteiger partial charge in [-0.25, -0.2) is 8.42 Å². The Hall–Kier alpha value is -0.990. The molecule has 2 rings (SSSR count). The number of halogens is 1. The molecule has 16 heavy (non-hydrogen) atoms. The molecule has 9 heteroatoms. The minimum absolute atomic E-state index is 0.0441. The van der Waals surface area contributed by atoms with Gasteiger partial charge in [0.2, 0.25) is 0 Å². The molecule has 0 saturated heterocycles. The van der Waals surface area contributed by atoms with Gasteiger partial charge in [0.1, 0.15) is 0 Å². The summed E-state index contributed by atoms with van der Waals surface area (Å²) in [5.41, 5.74) is 0.433. The maximum atomic E-state index is 11.1. The molecule has 1 aliphatic rings. The van der Waals surface area contributed by atoms with Crippen LogP contribution in [0.4, 0.5) is 0 Å². The van der Waals surface area contributed by atoms with E-state index in [2.05, 4.69) is 33.3 Å². The fourth-order valence-electron chi connectivity index (χ4n) is 1.16. The minimum Gasteiger partial charge on any atom is -0.207 e. The van der Waals surface area contributed by atoms with Crippen LogP contribution in [-0.4, -0.2) is 8.42 Å². The second-order valence-electron chi connectivity index (χ2n) is 2.98. The smallest absolute Gasteiger partial charge is 0.207 e. The van der Waals surface area contributed by atoms with Gasteiger partial charge in [0.05, 0.1) is 4.90 Å². The summed E-state index contributed by atoms with van der Waals surface area (Å²) in [4.78, 5) is -1.31. The lowest BCUT2D eigenvalue weighted by atomic mass is 10.2. The first-order chi connectivity index (χ1) is 7.42. The van der Waals surface area contributed by atoms with Crippen LogP contribution in [0.15, 0.2) is 49.8 Å². The molecule has 0 saturated carbocycles. The van der Waals surface area contributed by atoms with Gasteiger partial charge in [-0.15, -0.1) is 22.9 Å². The summed E-state index contributed by atoms with van der Waals surface area (Å²) in [5.74, 6) is 0. The third-order valence-electron chi connectivity index (χ3n) is 1.91. The van der Waals surface area contributed by atoms with Crippen molar-refractivity contribution in [2.45, 2.75) is 9.89 Å². The van der Waals surface area contributed by atoms with E-state index >= 15 is 0 Å². The highest BCUT2D eigenvalue weighted by molar-refractivity contribution is 8.13. The lowest BCUT2D eigenvalue weighted by Crippen LogP contribution is -2.10. The standard InChI is InChI=1S/C7H5ClN4O2S2/c8-16(13,14)6-3-1-2-5(4-6)7(15)9-11-12-10-7/h1-4,15H. The Balaban J connectivity index is 2.53. The highest BCUT2D eigenvalue weighted by Gasteiger charge is 2.31. The van der Waals surface area contributed by atoms with Gasteiger partial charge in [-0.2, -0.15) is 0 Å². The van der Waals surface area contributed by atoms with Crippen molar-refractivity contribution in [1.82, 2.24) is 0 Å². The molecule has 0 amide bonds. The molecule has 0 spiro atoms. The van der Waals surface area contributed by atoms with Gasteiger partial charge in [-0.05, 0) is 22.6 Å². The first-order valence-electron chi connectivity index (χ1n) is 4.03. The SMILES string of the molecule is O=S(=O)(Cl)c1cccc(C2(S)N=NN=N2)c1. The van der Waals surface area contributed by atoms with E-state index in [9.17, 15) is 8.42 Å². The van der Waals surface area contributed by atoms with Gasteiger partial charge in [-0.1, -0.05) is 12.1 Å². The molecule has 6 nitrogen and oxygen atoms in total. The zero-order valence-electron chi connectivity index (χ0n) is 7.65. The molecule has 0 fully saturated rings. The maximum Gasteiger partial charge on any atom is 0.262 e. The molecule has 1 heterocycles. The van der Waals surface area contributed by atoms with Crippen molar-refractivity contribution >= 4 is 32.4 Å². The van der Waals surface area contributed by atoms with Gasteiger partial charge in [0.25, 0.3) is 14.0 Å². The summed E-state index contributed by atoms with van der Waals surface area (Å²) in [5, 5.41) is 14.0. The van der Waals surface area contributed by atoms with Crippen LogP contribution in [0.1, 0.15) is 5.56 Å². The monoisotopic (exact) mass is 276 g/mol. The Bertz CT molecular complexity index is 572. The van der Waals surface area contributed by atoms with Gasteiger partial charge in [-0.3, -0.25) is 0 Å². The highest BCUT2D eigenvalue weighted by Crippen LogP contribution is 2.36. The first-order valence-corrected chi connectivity index (χ1v) is 6.79. The summed E-state index contributed by atoms with van der Waals surface area (Å²) >= 11 is 4.15. The lowest BCUT2D eigenvalue weighted by molar-refractivity contribution is 0.609. The van der Waals surface area contributed by atoms with E-state index in [1.54, 1.807) is 6.07 Å². The van der Waals surface area contributed by atoms with E-state index < -0.39 is 14.0 Å². The predicted octanol–water partition coefficient (Wildman–Crippen LogP) is 2.49. The van der Waals surface area contributed by atoms with E-state index in [-0.39, 0.29) is 4.90 Å². The Kier molecular flexibility index (Phi) is 2.72. The second-order valence-corrected chi connectivity index (χ2v) is 6.17. The maximum absolute atomic E-state index is 11.1. The molecule has 1 aromatic carbocycles. The predicted molar refractivity (Wildman–Crippen MR) is 59.9 cm³/mol. The molecule has 0 unspecified atom stereocenters. The van der Waals surface area contributed by atoms with Crippen molar-refractivity contribution in [3.05, 3.63) is 29.8 Å². The highest BCUT2D eigenvalue weighted by atomic mass is 35.7. The van der Waals surface area contributed by atoms with E-state index in [1.165, 1.54) is 18.2 Å². The van der Waals surface area contributed by atoms with Crippen LogP contribution in [-0.2, 0) is 14.0 Å². The summed E-state index contributed by atoms with van der Waals surface area (Å²) < 4.78 is 22.3. The van der Waals surface area contributed by atoms with Gasteiger partial charge in [0, 0.05) is 16.2 Å². The summed E-state index contributed by atoms with van der Waals surface area (Å²) in [6, 6.07) is 5.83. The second kappa shape index (κ2) is 3.79. The van der Waals surface area contributed by atoms with Crippen LogP contribution in [0, 0.1) is 0 Å². The number of hydrogen-bond acceptors (Lipinski definition) is 7. The minimum atomic E-state index is -3.79. The van der Waals surface area contributed by atoms with Crippen molar-refractivity contribution < 1.29 is 8.42 Å². The zero-order chi connectivity index (χ0) is 11.8. The number of benzene rings is 1. The normalized spacial score (nSPS) is 17.9. The van der Waals surface area contributed by atoms with Crippen LogP contribution in [0.5, 0.6) is 0 Å². The first kappa shape index (κ1) is 11.5. The molecule has 0 radical (unpaired) electrons. The average molecular weight is 277 g/mol. The van der Waals surface area contributed by atoms with Gasteiger partial charge < -0.3 is 0 Å². The van der Waals surface area contributed by atoms with E-state index in [4.69, 9.17) is 10.7 Å². The van der Waals surface area contributed by atoms with E-state index in [0.717, 1.165) is 0 Å². The van der Waals surface area contributed by atoms with Crippen LogP contribution in [0.25, 0.3) is 0 Å². The Morgan fingerprint density at radius 2 is 1.88 bits per heavy atom. The van der Waals surface area contributed by atoms with Crippen LogP contribution < -0.4 is 0 Å². The summed E-state index contributed by atoms with van der Waals surface area (Å²) in [6.07, 6.45) is 0. The number of hydrogen-bond donors (Lipinski definition) is 1. The van der Waals surface area contributed by atoms with E-state index in [0.29, 0.717) is 5.56 Å². The van der Waals surface area contributed by atoms with Crippen molar-refractivity contribution in [1.29, 1.82) is 0 Å². The average Bonchev–Trinajstić information content (AvgIpc) is 2.66. The topological polar surface area (TPSA) is 83.6 Å². The number of nitrogens with zero attached hydrogens (tertiary/aromatic N) is 4. The van der Waals surface area contributed by atoms with Crippen LogP contribution in [0.3, 0.4) is 0 Å². The molecule has 1 aromatic rings. The van der Waals surface area contributed by atoms with Crippen LogP contribution >= 0.6 is 23.3 Å². The number of thiol groups is 1. The molecule has 84 valence electrons. The van der Waals surface area contributed by atoms with Crippen LogP contribution in [0.2, 0.25) is 0 Å². The molecule has 0 aliphatic carbocycles. The molecule has 0 bridgehead atoms. The molecular formula is C7H5ClN4O2S2. The quantitative estimate of drug-likeness (QED) is 0.665. The summed E-state index contributed by atoms with van der Waals surface area (Å²) in [6.45, 7) is 0. The molecule has 1 aliphatic heterocycles. The molecule has 0 atom stereocenters. The third-order valence-corrected chi connectivity index (χ3v) is 3.70. The van der Waals surface area contributed by atoms with Crippen molar-refractivity contribution in [2.75, 3.05) is 0 Å². The van der Waals surface area contributed by atoms with E-state index in [1.807, 2.05) is 0 Å². The largest absolute Gasteiger partial charge is 0.262 e. The Morgan fingerprint density at radius 3 is 2.44 bits per heavy atom. The zero-order valence-corrected chi connectivity index (χ0v) is 10.1. The Morgan fingerprint density at radius 1 is 1.25 bits per heavy atom. The van der Waals surface area contributed by atoms with Gasteiger partial charge in [0.15, 0.2) is 0 Å². The van der Waals surface area contributed by atoms with Crippen molar-refractivity contribution in [3.63, 3.8) is 0 Å². The molecule has 0 N–H and O–H groups in total. The lowest BCUT2D eigenvalue weighted by Gasteiger charge is -2.13. The van der Waals surface area contributed by atoms with Crippen molar-refractivity contribution in [2.24, 2.45) is 20.7 Å². The molecule has 0 aromatic heterocycles. The fourth-order valence-corrected chi connectivity index (χ4v) is 2.17. The Labute approximate surface area is 101 Å². The fraction of sp³-hybridized carbons (Fsp3) is 0.143. The number of rotatable bonds is 2. The summed E-state index contributed by atoms with van der Waals surface area (Å²) in [7, 11) is 1.43.